The van der Waals surface area contributed by atoms with Crippen LogP contribution in [-0.4, -0.2) is 33.1 Å². The monoisotopic (exact) mass is 442 g/mol. The van der Waals surface area contributed by atoms with Gasteiger partial charge in [0, 0.05) is 6.42 Å². The van der Waals surface area contributed by atoms with Gasteiger partial charge in [-0.15, -0.1) is 0 Å². The van der Waals surface area contributed by atoms with Crippen LogP contribution in [0.2, 0.25) is 0 Å². The SMILES string of the molecule is C=C1/C(=C/C=C2\CCC[C@]3(C)[C@@H]([C@H](C)/C=C/CCCC(C)(C)O)CC[C@@H]23)C[C@@H](O)C[C@@H]1O. The van der Waals surface area contributed by atoms with Crippen molar-refractivity contribution in [1.29, 1.82) is 0 Å². The van der Waals surface area contributed by atoms with Crippen molar-refractivity contribution < 1.29 is 15.3 Å². The van der Waals surface area contributed by atoms with Gasteiger partial charge < -0.3 is 15.3 Å². The van der Waals surface area contributed by atoms with Gasteiger partial charge in [0.25, 0.3) is 0 Å². The van der Waals surface area contributed by atoms with E-state index in [2.05, 4.69) is 44.7 Å². The van der Waals surface area contributed by atoms with Crippen LogP contribution < -0.4 is 0 Å². The highest BCUT2D eigenvalue weighted by Gasteiger charge is 2.50. The second-order valence-corrected chi connectivity index (χ2v) is 11.7. The Balaban J connectivity index is 1.66. The molecule has 0 aliphatic heterocycles. The molecule has 0 spiro atoms. The van der Waals surface area contributed by atoms with Gasteiger partial charge in [0.15, 0.2) is 0 Å². The van der Waals surface area contributed by atoms with Gasteiger partial charge in [-0.05, 0) is 106 Å². The Morgan fingerprint density at radius 3 is 2.69 bits per heavy atom. The largest absolute Gasteiger partial charge is 0.393 e. The summed E-state index contributed by atoms with van der Waals surface area (Å²) in [5.41, 5.74) is 3.12. The van der Waals surface area contributed by atoms with Gasteiger partial charge in [0.1, 0.15) is 0 Å². The van der Waals surface area contributed by atoms with Gasteiger partial charge in [-0.2, -0.15) is 0 Å². The molecule has 0 amide bonds. The molecule has 0 radical (unpaired) electrons. The van der Waals surface area contributed by atoms with Crippen LogP contribution in [0.25, 0.3) is 0 Å². The fourth-order valence-electron chi connectivity index (χ4n) is 6.71. The molecular weight excluding hydrogens is 396 g/mol. The van der Waals surface area contributed by atoms with E-state index in [0.29, 0.717) is 36.0 Å². The Morgan fingerprint density at radius 1 is 1.22 bits per heavy atom. The second-order valence-electron chi connectivity index (χ2n) is 11.7. The highest BCUT2D eigenvalue weighted by Crippen LogP contribution is 2.59. The van der Waals surface area contributed by atoms with Crippen molar-refractivity contribution >= 4 is 0 Å². The van der Waals surface area contributed by atoms with E-state index in [1.165, 1.54) is 25.7 Å². The summed E-state index contributed by atoms with van der Waals surface area (Å²) in [4.78, 5) is 0. The number of aliphatic hydroxyl groups is 3. The van der Waals surface area contributed by atoms with E-state index < -0.39 is 17.8 Å². The minimum Gasteiger partial charge on any atom is -0.393 e. The first-order chi connectivity index (χ1) is 15.0. The summed E-state index contributed by atoms with van der Waals surface area (Å²) >= 11 is 0. The molecule has 6 atom stereocenters. The predicted octanol–water partition coefficient (Wildman–Crippen LogP) is 6.26. The molecule has 0 saturated heterocycles. The summed E-state index contributed by atoms with van der Waals surface area (Å²) in [6.45, 7) is 12.7. The molecule has 0 aromatic rings. The minimum atomic E-state index is -0.619. The number of hydrogen-bond donors (Lipinski definition) is 3. The molecular formula is C29H46O3. The third kappa shape index (κ3) is 6.04. The Labute approximate surface area is 196 Å². The first-order valence-corrected chi connectivity index (χ1v) is 12.8. The molecule has 32 heavy (non-hydrogen) atoms. The molecule has 3 rings (SSSR count). The molecule has 3 fully saturated rings. The maximum Gasteiger partial charge on any atom is 0.0811 e. The molecule has 3 N–H and O–H groups in total. The summed E-state index contributed by atoms with van der Waals surface area (Å²) in [5.74, 6) is 1.92. The first kappa shape index (κ1) is 25.5. The summed E-state index contributed by atoms with van der Waals surface area (Å²) < 4.78 is 0. The lowest BCUT2D eigenvalue weighted by atomic mass is 9.61. The van der Waals surface area contributed by atoms with Crippen molar-refractivity contribution in [2.24, 2.45) is 23.2 Å². The predicted molar refractivity (Wildman–Crippen MR) is 133 cm³/mol. The van der Waals surface area contributed by atoms with Crippen LogP contribution in [0, 0.1) is 23.2 Å². The summed E-state index contributed by atoms with van der Waals surface area (Å²) in [6, 6.07) is 0. The number of allylic oxidation sites excluding steroid dienone is 5. The number of unbranched alkanes of at least 4 members (excludes halogenated alkanes) is 1. The van der Waals surface area contributed by atoms with Crippen LogP contribution in [0.3, 0.4) is 0 Å². The highest BCUT2D eigenvalue weighted by atomic mass is 16.3. The van der Waals surface area contributed by atoms with E-state index in [1.807, 2.05) is 13.8 Å². The quantitative estimate of drug-likeness (QED) is 0.322. The van der Waals surface area contributed by atoms with E-state index in [9.17, 15) is 15.3 Å². The van der Waals surface area contributed by atoms with Crippen LogP contribution >= 0.6 is 0 Å². The maximum atomic E-state index is 10.1. The molecule has 3 heteroatoms. The molecule has 3 aliphatic carbocycles. The Hall–Kier alpha value is -1.16. The topological polar surface area (TPSA) is 60.7 Å². The number of hydrogen-bond acceptors (Lipinski definition) is 3. The third-order valence-electron chi connectivity index (χ3n) is 8.54. The average molecular weight is 443 g/mol. The van der Waals surface area contributed by atoms with Crippen LogP contribution in [0.5, 0.6) is 0 Å². The fourth-order valence-corrected chi connectivity index (χ4v) is 6.71. The van der Waals surface area contributed by atoms with Crippen LogP contribution in [0.4, 0.5) is 0 Å². The normalized spacial score (nSPS) is 37.4. The van der Waals surface area contributed by atoms with Crippen LogP contribution in [0.15, 0.2) is 47.6 Å². The average Bonchev–Trinajstić information content (AvgIpc) is 3.06. The van der Waals surface area contributed by atoms with Crippen molar-refractivity contribution in [3.63, 3.8) is 0 Å². The summed E-state index contributed by atoms with van der Waals surface area (Å²) in [7, 11) is 0. The molecule has 0 aromatic heterocycles. The molecule has 3 aliphatic rings. The molecule has 0 heterocycles. The second kappa shape index (κ2) is 10.4. The van der Waals surface area contributed by atoms with Crippen LogP contribution in [-0.2, 0) is 0 Å². The van der Waals surface area contributed by atoms with Gasteiger partial charge in [-0.1, -0.05) is 50.3 Å². The zero-order valence-corrected chi connectivity index (χ0v) is 20.8. The standard InChI is InChI=1S/C29H46O3/c1-20(10-7-6-8-16-28(3,4)32)25-14-15-26-22(11-9-17-29(25,26)5)12-13-23-18-24(30)19-27(31)21(23)2/h7,10,12-13,20,24-27,30-32H,2,6,8-9,11,14-19H2,1,3-5H3/b10-7+,22-12+,23-13+/t20-,24-,25-,26+,27+,29-/m1/s1. The Kier molecular flexibility index (Phi) is 8.28. The number of rotatable bonds is 7. The van der Waals surface area contributed by atoms with Crippen LogP contribution in [0.1, 0.15) is 91.9 Å². The van der Waals surface area contributed by atoms with E-state index >= 15 is 0 Å². The molecule has 3 nitrogen and oxygen atoms in total. The minimum absolute atomic E-state index is 0.349. The summed E-state index contributed by atoms with van der Waals surface area (Å²) in [5, 5.41) is 30.1. The molecule has 3 saturated carbocycles. The lowest BCUT2D eigenvalue weighted by Crippen LogP contribution is -2.35. The molecule has 0 unspecified atom stereocenters. The van der Waals surface area contributed by atoms with Gasteiger partial charge in [-0.25, -0.2) is 0 Å². The van der Waals surface area contributed by atoms with E-state index in [-0.39, 0.29) is 0 Å². The Morgan fingerprint density at radius 2 is 1.97 bits per heavy atom. The van der Waals surface area contributed by atoms with E-state index in [1.54, 1.807) is 5.57 Å². The highest BCUT2D eigenvalue weighted by molar-refractivity contribution is 5.38. The molecule has 0 aromatic carbocycles. The number of fused-ring (bicyclic) bond motifs is 1. The summed E-state index contributed by atoms with van der Waals surface area (Å²) in [6.07, 6.45) is 18.3. The first-order valence-electron chi connectivity index (χ1n) is 12.8. The van der Waals surface area contributed by atoms with Crippen molar-refractivity contribution in [1.82, 2.24) is 0 Å². The third-order valence-corrected chi connectivity index (χ3v) is 8.54. The van der Waals surface area contributed by atoms with Gasteiger partial charge in [0.2, 0.25) is 0 Å². The van der Waals surface area contributed by atoms with Crippen molar-refractivity contribution in [3.8, 4) is 0 Å². The fraction of sp³-hybridized carbons (Fsp3) is 0.724. The van der Waals surface area contributed by atoms with E-state index in [0.717, 1.165) is 36.8 Å². The van der Waals surface area contributed by atoms with Crippen molar-refractivity contribution in [3.05, 3.63) is 47.6 Å². The van der Waals surface area contributed by atoms with Gasteiger partial charge in [0.05, 0.1) is 17.8 Å². The zero-order chi connectivity index (χ0) is 23.5. The maximum absolute atomic E-state index is 10.1. The number of aliphatic hydroxyl groups excluding tert-OH is 2. The zero-order valence-electron chi connectivity index (χ0n) is 20.8. The van der Waals surface area contributed by atoms with E-state index in [4.69, 9.17) is 0 Å². The van der Waals surface area contributed by atoms with Gasteiger partial charge in [-0.3, -0.25) is 0 Å². The van der Waals surface area contributed by atoms with Crippen molar-refractivity contribution in [2.75, 3.05) is 0 Å². The molecule has 0 bridgehead atoms. The Bertz CT molecular complexity index is 753. The van der Waals surface area contributed by atoms with Gasteiger partial charge >= 0.3 is 0 Å². The molecule has 180 valence electrons. The lowest BCUT2D eigenvalue weighted by Gasteiger charge is -2.44. The lowest BCUT2D eigenvalue weighted by molar-refractivity contribution is 0.0691. The smallest absolute Gasteiger partial charge is 0.0811 e. The van der Waals surface area contributed by atoms with Crippen molar-refractivity contribution in [2.45, 2.75) is 110 Å².